The fourth-order valence-corrected chi connectivity index (χ4v) is 10.5. The van der Waals surface area contributed by atoms with Crippen LogP contribution in [0, 0.1) is 5.92 Å². The number of anilines is 1. The number of nitrogens with zero attached hydrogens (tertiary/aromatic N) is 2. The van der Waals surface area contributed by atoms with E-state index in [1.807, 2.05) is 6.08 Å². The highest BCUT2D eigenvalue weighted by atomic mass is 15.2. The fraction of sp³-hybridized carbons (Fsp3) is 0.0492. The predicted molar refractivity (Wildman–Crippen MR) is 265 cm³/mol. The van der Waals surface area contributed by atoms with Crippen LogP contribution < -0.4 is 4.90 Å². The van der Waals surface area contributed by atoms with Gasteiger partial charge in [-0.3, -0.25) is 0 Å². The van der Waals surface area contributed by atoms with Crippen LogP contribution in [-0.2, 0) is 5.41 Å². The molecule has 0 saturated carbocycles. The van der Waals surface area contributed by atoms with E-state index < -0.39 is 5.41 Å². The molecule has 2 aliphatic rings. The number of fused-ring (bicyclic) bond motifs is 6. The summed E-state index contributed by atoms with van der Waals surface area (Å²) in [6, 6.07) is 76.8. The number of para-hydroxylation sites is 2. The number of rotatable bonds is 10. The maximum Gasteiger partial charge on any atom is 0.0541 e. The Morgan fingerprint density at radius 2 is 1.10 bits per heavy atom. The quantitative estimate of drug-likeness (QED) is 0.125. The van der Waals surface area contributed by atoms with Crippen LogP contribution in [0.15, 0.2) is 267 Å². The number of allylic oxidation sites excluding steroid dienone is 6. The molecule has 0 amide bonds. The molecular weight excluding hydrogens is 761 g/mol. The molecular formula is C61H46N2. The summed E-state index contributed by atoms with van der Waals surface area (Å²) in [5.74, 6) is 0.278. The Bertz CT molecular complexity index is 3150. The van der Waals surface area contributed by atoms with Crippen molar-refractivity contribution in [3.05, 3.63) is 295 Å². The van der Waals surface area contributed by atoms with Gasteiger partial charge in [0.2, 0.25) is 0 Å². The van der Waals surface area contributed by atoms with E-state index in [1.54, 1.807) is 0 Å². The first-order valence-corrected chi connectivity index (χ1v) is 21.8. The minimum absolute atomic E-state index is 0.0912. The first kappa shape index (κ1) is 38.0. The standard InChI is InChI=1S/C61H46N2/c1-3-49(41-43(2)44-31-35-51(36-32-44)63-59-29-17-14-26-55(59)56-27-15-18-30-60(56)63)62(50-37-33-46(34-38-50)45-19-7-4-8-20-45)52-39-40-54-53-25-13-16-28-57(53)61(58(54)42-52,47-21-9-5-10-22-47)48-23-11-6-12-24-48/h3-42,54,58H,1-2H2/b49-41+. The Labute approximate surface area is 370 Å². The van der Waals surface area contributed by atoms with Crippen LogP contribution in [-0.4, -0.2) is 4.57 Å². The Morgan fingerprint density at radius 1 is 0.556 bits per heavy atom. The highest BCUT2D eigenvalue weighted by Gasteiger charge is 2.53. The average molecular weight is 807 g/mol. The van der Waals surface area contributed by atoms with Crippen LogP contribution in [0.1, 0.15) is 33.7 Å². The second-order valence-corrected chi connectivity index (χ2v) is 16.6. The first-order chi connectivity index (χ1) is 31.1. The topological polar surface area (TPSA) is 8.17 Å². The average Bonchev–Trinajstić information content (AvgIpc) is 3.85. The van der Waals surface area contributed by atoms with Gasteiger partial charge in [-0.05, 0) is 99.1 Å². The molecule has 300 valence electrons. The summed E-state index contributed by atoms with van der Waals surface area (Å²) < 4.78 is 2.35. The van der Waals surface area contributed by atoms with Crippen molar-refractivity contribution in [2.75, 3.05) is 4.90 Å². The predicted octanol–water partition coefficient (Wildman–Crippen LogP) is 15.2. The molecule has 2 unspecified atom stereocenters. The minimum Gasteiger partial charge on any atom is -0.311 e. The molecule has 1 heterocycles. The normalized spacial score (nSPS) is 16.3. The van der Waals surface area contributed by atoms with Crippen molar-refractivity contribution in [1.29, 1.82) is 0 Å². The lowest BCUT2D eigenvalue weighted by Gasteiger charge is -2.40. The molecule has 2 aliphatic carbocycles. The van der Waals surface area contributed by atoms with Crippen LogP contribution >= 0.6 is 0 Å². The van der Waals surface area contributed by atoms with E-state index >= 15 is 0 Å². The Kier molecular flexibility index (Phi) is 9.55. The molecule has 1 aromatic heterocycles. The van der Waals surface area contributed by atoms with Gasteiger partial charge in [0.05, 0.1) is 16.4 Å². The van der Waals surface area contributed by atoms with E-state index in [4.69, 9.17) is 0 Å². The minimum atomic E-state index is -0.414. The van der Waals surface area contributed by atoms with Crippen LogP contribution in [0.5, 0.6) is 0 Å². The summed E-state index contributed by atoms with van der Waals surface area (Å²) >= 11 is 0. The molecule has 0 spiro atoms. The Morgan fingerprint density at radius 3 is 1.71 bits per heavy atom. The van der Waals surface area contributed by atoms with E-state index in [9.17, 15) is 0 Å². The van der Waals surface area contributed by atoms with Crippen LogP contribution in [0.25, 0.3) is 44.2 Å². The van der Waals surface area contributed by atoms with Crippen molar-refractivity contribution < 1.29 is 0 Å². The van der Waals surface area contributed by atoms with Crippen LogP contribution in [0.2, 0.25) is 0 Å². The first-order valence-electron chi connectivity index (χ1n) is 21.8. The highest BCUT2D eigenvalue weighted by molar-refractivity contribution is 6.09. The van der Waals surface area contributed by atoms with Gasteiger partial charge in [0, 0.05) is 45.4 Å². The van der Waals surface area contributed by atoms with E-state index in [2.05, 4.69) is 259 Å². The van der Waals surface area contributed by atoms with Crippen LogP contribution in [0.4, 0.5) is 5.69 Å². The van der Waals surface area contributed by atoms with Gasteiger partial charge < -0.3 is 9.47 Å². The molecule has 0 radical (unpaired) electrons. The Hall–Kier alpha value is -7.94. The number of hydrogen-bond acceptors (Lipinski definition) is 1. The smallest absolute Gasteiger partial charge is 0.0541 e. The summed E-state index contributed by atoms with van der Waals surface area (Å²) in [5.41, 5.74) is 15.8. The molecule has 9 aromatic rings. The summed E-state index contributed by atoms with van der Waals surface area (Å²) in [6.45, 7) is 9.10. The van der Waals surface area contributed by atoms with E-state index in [0.717, 1.165) is 33.9 Å². The monoisotopic (exact) mass is 806 g/mol. The van der Waals surface area contributed by atoms with Gasteiger partial charge in [-0.25, -0.2) is 0 Å². The largest absolute Gasteiger partial charge is 0.311 e. The van der Waals surface area contributed by atoms with Crippen molar-refractivity contribution >= 4 is 33.1 Å². The maximum atomic E-state index is 4.67. The van der Waals surface area contributed by atoms with Crippen molar-refractivity contribution in [3.8, 4) is 16.8 Å². The molecule has 11 rings (SSSR count). The SMILES string of the molecule is C=C/C(=C\C(=C)c1ccc(-n2c3ccccc3c3ccccc32)cc1)N(C1=CC2C(C=C1)c1ccccc1C2(c1ccccc1)c1ccccc1)c1ccc(-c2ccccc2)cc1. The third-order valence-corrected chi connectivity index (χ3v) is 13.3. The summed E-state index contributed by atoms with van der Waals surface area (Å²) in [5, 5.41) is 2.50. The van der Waals surface area contributed by atoms with E-state index in [0.29, 0.717) is 0 Å². The zero-order chi connectivity index (χ0) is 42.3. The third-order valence-electron chi connectivity index (χ3n) is 13.3. The fourth-order valence-electron chi connectivity index (χ4n) is 10.5. The lowest BCUT2D eigenvalue weighted by Crippen LogP contribution is -2.36. The molecule has 0 aliphatic heterocycles. The molecule has 8 aromatic carbocycles. The second kappa shape index (κ2) is 15.8. The summed E-state index contributed by atoms with van der Waals surface area (Å²) in [6.07, 6.45) is 11.4. The molecule has 0 bridgehead atoms. The molecule has 63 heavy (non-hydrogen) atoms. The van der Waals surface area contributed by atoms with Gasteiger partial charge in [0.15, 0.2) is 0 Å². The van der Waals surface area contributed by atoms with E-state index in [1.165, 1.54) is 55.2 Å². The second-order valence-electron chi connectivity index (χ2n) is 16.6. The van der Waals surface area contributed by atoms with Gasteiger partial charge in [-0.15, -0.1) is 0 Å². The van der Waals surface area contributed by atoms with Crippen molar-refractivity contribution in [1.82, 2.24) is 4.57 Å². The van der Waals surface area contributed by atoms with Gasteiger partial charge in [0.1, 0.15) is 0 Å². The zero-order valence-electron chi connectivity index (χ0n) is 35.1. The number of benzene rings is 8. The molecule has 0 saturated heterocycles. The van der Waals surface area contributed by atoms with Crippen molar-refractivity contribution in [3.63, 3.8) is 0 Å². The van der Waals surface area contributed by atoms with Gasteiger partial charge in [-0.2, -0.15) is 0 Å². The molecule has 2 atom stereocenters. The lowest BCUT2D eigenvalue weighted by molar-refractivity contribution is 0.453. The summed E-state index contributed by atoms with van der Waals surface area (Å²) in [7, 11) is 0. The van der Waals surface area contributed by atoms with Gasteiger partial charge in [0.25, 0.3) is 0 Å². The Balaban J connectivity index is 1.03. The van der Waals surface area contributed by atoms with Crippen molar-refractivity contribution in [2.24, 2.45) is 5.92 Å². The molecule has 2 heteroatoms. The van der Waals surface area contributed by atoms with Gasteiger partial charge >= 0.3 is 0 Å². The third kappa shape index (κ3) is 6.34. The lowest BCUT2D eigenvalue weighted by atomic mass is 9.63. The molecule has 0 N–H and O–H groups in total. The molecule has 0 fully saturated rings. The van der Waals surface area contributed by atoms with Gasteiger partial charge in [-0.1, -0.05) is 201 Å². The maximum absolute atomic E-state index is 4.67. The number of hydrogen-bond donors (Lipinski definition) is 0. The highest BCUT2D eigenvalue weighted by Crippen LogP contribution is 2.60. The molecule has 2 nitrogen and oxygen atoms in total. The summed E-state index contributed by atoms with van der Waals surface area (Å²) in [4.78, 5) is 2.36. The van der Waals surface area contributed by atoms with E-state index in [-0.39, 0.29) is 11.8 Å². The zero-order valence-corrected chi connectivity index (χ0v) is 35.1. The number of aromatic nitrogens is 1. The van der Waals surface area contributed by atoms with Crippen molar-refractivity contribution in [2.45, 2.75) is 11.3 Å². The van der Waals surface area contributed by atoms with Crippen LogP contribution in [0.3, 0.4) is 0 Å².